The van der Waals surface area contributed by atoms with Crippen molar-refractivity contribution in [3.63, 3.8) is 0 Å². The van der Waals surface area contributed by atoms with Crippen LogP contribution in [0.1, 0.15) is 52.2 Å². The second-order valence-corrected chi connectivity index (χ2v) is 13.8. The van der Waals surface area contributed by atoms with Gasteiger partial charge in [-0.1, -0.05) is 96.0 Å². The Bertz CT molecular complexity index is 2610. The highest BCUT2D eigenvalue weighted by molar-refractivity contribution is 6.30. The van der Waals surface area contributed by atoms with Crippen molar-refractivity contribution in [2.75, 3.05) is 64.1 Å². The van der Waals surface area contributed by atoms with Gasteiger partial charge in [-0.25, -0.2) is 9.59 Å². The molecular formula is C48H50Cl2N4O6. The molecule has 10 nitrogen and oxygen atoms in total. The molecule has 0 aliphatic carbocycles. The molecule has 0 aromatic heterocycles. The van der Waals surface area contributed by atoms with Crippen molar-refractivity contribution in [3.8, 4) is 22.3 Å². The number of esters is 2. The number of hydrogen-bond donors (Lipinski definition) is 5. The molecule has 312 valence electrons. The Hall–Kier alpha value is -5.72. The summed E-state index contributed by atoms with van der Waals surface area (Å²) in [5, 5.41) is 20.3. The maximum atomic E-state index is 11.8. The molecule has 0 bridgehead atoms. The molecule has 2 atom stereocenters. The Balaban J connectivity index is 0.000000208. The maximum Gasteiger partial charge on any atom is 0.337 e. The Morgan fingerprint density at radius 1 is 0.750 bits per heavy atom. The average molecular weight is 856 g/mol. The lowest BCUT2D eigenvalue weighted by Gasteiger charge is -2.13. The molecule has 1 aliphatic heterocycles. The second kappa shape index (κ2) is 23.8. The Morgan fingerprint density at radius 2 is 1.23 bits per heavy atom. The van der Waals surface area contributed by atoms with Crippen LogP contribution < -0.4 is 21.7 Å². The van der Waals surface area contributed by atoms with Gasteiger partial charge in [0.05, 0.1) is 43.5 Å². The minimum atomic E-state index is -2.53. The fourth-order valence-corrected chi connectivity index (χ4v) is 6.00. The highest BCUT2D eigenvalue weighted by Gasteiger charge is 2.24. The first-order valence-corrected chi connectivity index (χ1v) is 19.5. The van der Waals surface area contributed by atoms with Gasteiger partial charge in [-0.2, -0.15) is 0 Å². The highest BCUT2D eigenvalue weighted by atomic mass is 35.5. The van der Waals surface area contributed by atoms with Crippen LogP contribution in [-0.2, 0) is 14.2 Å². The molecule has 6 aromatic carbocycles. The standard InChI is InChI=1S/C24H25ClN2O3.C16H18N2O2.C8H7ClO/c1-30-24(29)20-8-2-5-17(13-20)18-6-4-10-22(15-18)27-12-11-26-16-23(28)19-7-3-9-21(25)14-19;1-20-16(19)14-6-2-4-12(10-14)13-5-3-7-15(11-13)18-9-8-17;9-7-3-1-2-6(4-7)8-5-10-8/h2-10,13-15,23,26-28H,11-12,16H2,1H3;2-7,10-11,18H,8-9,17H2,1H3;1-4,8H,5H2/t23-;;/m0../s1/i16D2,23D;;5D2,8D. The van der Waals surface area contributed by atoms with Crippen LogP contribution in [0.3, 0.4) is 0 Å². The lowest BCUT2D eigenvalue weighted by molar-refractivity contribution is 0.0592. The van der Waals surface area contributed by atoms with Crippen LogP contribution >= 0.6 is 23.2 Å². The number of carbonyl (C=O) groups excluding carboxylic acids is 2. The van der Waals surface area contributed by atoms with E-state index in [2.05, 4.69) is 20.7 Å². The van der Waals surface area contributed by atoms with Gasteiger partial charge in [-0.15, -0.1) is 0 Å². The van der Waals surface area contributed by atoms with Crippen LogP contribution in [-0.4, -0.2) is 70.5 Å². The van der Waals surface area contributed by atoms with Crippen LogP contribution in [0.5, 0.6) is 0 Å². The van der Waals surface area contributed by atoms with E-state index in [1.165, 1.54) is 26.4 Å². The predicted octanol–water partition coefficient (Wildman–Crippen LogP) is 9.45. The topological polar surface area (TPSA) is 147 Å². The Morgan fingerprint density at radius 3 is 1.73 bits per heavy atom. The smallest absolute Gasteiger partial charge is 0.337 e. The van der Waals surface area contributed by atoms with Gasteiger partial charge in [0.25, 0.3) is 0 Å². The lowest BCUT2D eigenvalue weighted by atomic mass is 10.0. The van der Waals surface area contributed by atoms with Crippen molar-refractivity contribution in [1.82, 2.24) is 5.32 Å². The van der Waals surface area contributed by atoms with E-state index in [1.54, 1.807) is 60.7 Å². The second-order valence-electron chi connectivity index (χ2n) is 12.9. The van der Waals surface area contributed by atoms with E-state index < -0.39 is 31.2 Å². The summed E-state index contributed by atoms with van der Waals surface area (Å²) in [6.45, 7) is -2.51. The average Bonchev–Trinajstić information content (AvgIpc) is 3.86. The molecule has 1 heterocycles. The molecule has 0 radical (unpaired) electrons. The summed E-state index contributed by atoms with van der Waals surface area (Å²) in [6, 6.07) is 42.6. The largest absolute Gasteiger partial charge is 0.465 e. The normalized spacial score (nSPS) is 17.3. The van der Waals surface area contributed by atoms with E-state index >= 15 is 0 Å². The number of nitrogens with two attached hydrogens (primary N) is 1. The fraction of sp³-hybridized carbons (Fsp3) is 0.208. The monoisotopic (exact) mass is 854 g/mol. The molecule has 12 heteroatoms. The van der Waals surface area contributed by atoms with E-state index in [9.17, 15) is 14.7 Å². The highest BCUT2D eigenvalue weighted by Crippen LogP contribution is 2.31. The number of halogens is 2. The van der Waals surface area contributed by atoms with E-state index in [4.69, 9.17) is 46.6 Å². The van der Waals surface area contributed by atoms with Gasteiger partial charge < -0.3 is 41.0 Å². The summed E-state index contributed by atoms with van der Waals surface area (Å²) in [5.41, 5.74) is 12.6. The van der Waals surface area contributed by atoms with Crippen LogP contribution in [0.4, 0.5) is 11.4 Å². The number of methoxy groups -OCH3 is 2. The number of carbonyl (C=O) groups is 2. The molecule has 0 spiro atoms. The first-order valence-electron chi connectivity index (χ1n) is 21.8. The molecule has 1 unspecified atom stereocenters. The maximum absolute atomic E-state index is 11.8. The van der Waals surface area contributed by atoms with Crippen molar-refractivity contribution >= 4 is 46.5 Å². The van der Waals surface area contributed by atoms with E-state index in [1.807, 2.05) is 72.8 Å². The van der Waals surface area contributed by atoms with Gasteiger partial charge in [0.15, 0.2) is 0 Å². The van der Waals surface area contributed by atoms with Crippen molar-refractivity contribution in [2.24, 2.45) is 5.73 Å². The molecule has 6 N–H and O–H groups in total. The van der Waals surface area contributed by atoms with Crippen LogP contribution in [0.25, 0.3) is 22.3 Å². The quantitative estimate of drug-likeness (QED) is 0.0385. The molecule has 6 aromatic rings. The first kappa shape index (κ1) is 37.3. The zero-order valence-electron chi connectivity index (χ0n) is 39.0. The molecule has 1 fully saturated rings. The summed E-state index contributed by atoms with van der Waals surface area (Å²) in [4.78, 5) is 23.3. The van der Waals surface area contributed by atoms with E-state index in [-0.39, 0.29) is 18.1 Å². The van der Waals surface area contributed by atoms with Gasteiger partial charge in [0.1, 0.15) is 6.08 Å². The number of hydrogen-bond acceptors (Lipinski definition) is 10. The number of rotatable bonds is 15. The molecule has 0 amide bonds. The zero-order valence-corrected chi connectivity index (χ0v) is 34.5. The summed E-state index contributed by atoms with van der Waals surface area (Å²) < 4.78 is 60.7. The van der Waals surface area contributed by atoms with Gasteiger partial charge in [-0.05, 0) is 106 Å². The van der Waals surface area contributed by atoms with Gasteiger partial charge in [0.2, 0.25) is 0 Å². The van der Waals surface area contributed by atoms with Crippen molar-refractivity contribution in [3.05, 3.63) is 178 Å². The number of ether oxygens (including phenoxy) is 3. The van der Waals surface area contributed by atoms with Crippen molar-refractivity contribution < 1.29 is 37.1 Å². The van der Waals surface area contributed by atoms with Crippen molar-refractivity contribution in [1.29, 1.82) is 0 Å². The molecule has 60 heavy (non-hydrogen) atoms. The number of anilines is 2. The van der Waals surface area contributed by atoms with E-state index in [0.717, 1.165) is 40.2 Å². The fourth-order valence-electron chi connectivity index (χ4n) is 5.62. The summed E-state index contributed by atoms with van der Waals surface area (Å²) in [6.07, 6.45) is -4.10. The summed E-state index contributed by atoms with van der Waals surface area (Å²) in [7, 11) is 2.72. The molecular weight excluding hydrogens is 799 g/mol. The third-order valence-electron chi connectivity index (χ3n) is 8.61. The van der Waals surface area contributed by atoms with Crippen LogP contribution in [0, 0.1) is 0 Å². The third kappa shape index (κ3) is 14.5. The predicted molar refractivity (Wildman–Crippen MR) is 242 cm³/mol. The minimum absolute atomic E-state index is 0.0577. The number of benzene rings is 6. The van der Waals surface area contributed by atoms with Gasteiger partial charge >= 0.3 is 11.9 Å². The Labute approximate surface area is 370 Å². The zero-order chi connectivity index (χ0) is 48.1. The third-order valence-corrected chi connectivity index (χ3v) is 9.08. The van der Waals surface area contributed by atoms with Crippen LogP contribution in [0.15, 0.2) is 146 Å². The van der Waals surface area contributed by atoms with E-state index in [0.29, 0.717) is 39.8 Å². The summed E-state index contributed by atoms with van der Waals surface area (Å²) >= 11 is 11.6. The number of aliphatic hydroxyl groups is 1. The van der Waals surface area contributed by atoms with Gasteiger partial charge in [-0.3, -0.25) is 0 Å². The molecule has 0 saturated carbocycles. The van der Waals surface area contributed by atoms with Gasteiger partial charge in [0, 0.05) is 56.8 Å². The number of epoxide rings is 1. The minimum Gasteiger partial charge on any atom is -0.465 e. The molecule has 7 rings (SSSR count). The van der Waals surface area contributed by atoms with Crippen LogP contribution in [0.2, 0.25) is 10.0 Å². The number of nitrogens with one attached hydrogen (secondary N) is 3. The Kier molecular flexibility index (Phi) is 14.8. The summed E-state index contributed by atoms with van der Waals surface area (Å²) in [5.74, 6) is -0.733. The molecule has 1 saturated heterocycles. The SMILES string of the molecule is COC(=O)c1cccc(-c2cccc(NCCN)c2)c1.[2H]C([2H])(NCCNc1cccc(-c2cccc(C(=O)OC)c2)c1)[C@]([2H])(O)c1cccc(Cl)c1.[2H]C1([2H])OC1([2H])c1cccc(Cl)c1. The molecule has 1 aliphatic rings. The lowest BCUT2D eigenvalue weighted by Crippen LogP contribution is -2.26. The van der Waals surface area contributed by atoms with Crippen molar-refractivity contribution in [2.45, 2.75) is 12.2 Å². The first-order chi connectivity index (χ1) is 31.3.